The molecule has 1 aliphatic carbocycles. The Morgan fingerprint density at radius 2 is 2.33 bits per heavy atom. The molecule has 1 atom stereocenters. The van der Waals surface area contributed by atoms with Crippen LogP contribution in [-0.2, 0) is 0 Å². The Morgan fingerprint density at radius 3 is 3.10 bits per heavy atom. The van der Waals surface area contributed by atoms with Gasteiger partial charge in [-0.15, -0.1) is 11.3 Å². The van der Waals surface area contributed by atoms with Gasteiger partial charge in [0.05, 0.1) is 12.8 Å². The molecule has 0 spiro atoms. The molecule has 0 radical (unpaired) electrons. The number of ether oxygens (including phenoxy) is 1. The summed E-state index contributed by atoms with van der Waals surface area (Å²) >= 11 is 1.57. The molecule has 1 aromatic heterocycles. The number of thiazole rings is 1. The highest BCUT2D eigenvalue weighted by Gasteiger charge is 2.16. The first-order valence-corrected chi connectivity index (χ1v) is 8.04. The smallest absolute Gasteiger partial charge is 0.203 e. The fourth-order valence-corrected chi connectivity index (χ4v) is 3.15. The zero-order valence-electron chi connectivity index (χ0n) is 12.3. The van der Waals surface area contributed by atoms with Gasteiger partial charge in [0, 0.05) is 16.7 Å². The number of nitrogens with zero attached hydrogens (tertiary/aromatic N) is 2. The van der Waals surface area contributed by atoms with Crippen LogP contribution in [0, 0.1) is 5.92 Å². The maximum Gasteiger partial charge on any atom is 0.203 e. The van der Waals surface area contributed by atoms with Crippen LogP contribution < -0.4 is 10.2 Å². The predicted molar refractivity (Wildman–Crippen MR) is 88.2 cm³/mol. The average Bonchev–Trinajstić information content (AvgIpc) is 3.14. The lowest BCUT2D eigenvalue weighted by Crippen LogP contribution is -1.97. The van der Waals surface area contributed by atoms with E-state index in [4.69, 9.17) is 4.74 Å². The lowest BCUT2D eigenvalue weighted by atomic mass is 10.1. The standard InChI is InChI=1S/C16H19N3OS/c1-11-6-7-13(8-11)18-19-16-17-15(10-21-16)12-4-3-5-14(9-12)20-2/h3-5,9-11H,6-8H2,1-2H3,(H,17,19)/b18-13+. The summed E-state index contributed by atoms with van der Waals surface area (Å²) in [4.78, 5) is 4.58. The molecule has 1 saturated carbocycles. The van der Waals surface area contributed by atoms with Crippen LogP contribution in [0.15, 0.2) is 34.7 Å². The number of hydrazone groups is 1. The van der Waals surface area contributed by atoms with E-state index in [1.807, 2.05) is 29.6 Å². The summed E-state index contributed by atoms with van der Waals surface area (Å²) < 4.78 is 5.25. The third kappa shape index (κ3) is 3.42. The minimum Gasteiger partial charge on any atom is -0.497 e. The molecular weight excluding hydrogens is 282 g/mol. The molecule has 3 rings (SSSR count). The molecule has 0 saturated heterocycles. The highest BCUT2D eigenvalue weighted by Crippen LogP contribution is 2.28. The van der Waals surface area contributed by atoms with Crippen molar-refractivity contribution < 1.29 is 4.74 Å². The Kier molecular flexibility index (Phi) is 4.20. The van der Waals surface area contributed by atoms with Crippen molar-refractivity contribution in [3.05, 3.63) is 29.6 Å². The third-order valence-electron chi connectivity index (χ3n) is 3.69. The molecule has 2 aromatic rings. The van der Waals surface area contributed by atoms with Crippen LogP contribution in [0.5, 0.6) is 5.75 Å². The van der Waals surface area contributed by atoms with E-state index in [0.717, 1.165) is 40.9 Å². The molecule has 21 heavy (non-hydrogen) atoms. The maximum absolute atomic E-state index is 5.25. The molecule has 5 heteroatoms. The minimum atomic E-state index is 0.759. The van der Waals surface area contributed by atoms with Crippen molar-refractivity contribution in [2.75, 3.05) is 12.5 Å². The van der Waals surface area contributed by atoms with E-state index in [1.54, 1.807) is 18.4 Å². The topological polar surface area (TPSA) is 46.5 Å². The first-order chi connectivity index (χ1) is 10.2. The summed E-state index contributed by atoms with van der Waals surface area (Å²) in [6, 6.07) is 7.93. The van der Waals surface area contributed by atoms with E-state index in [9.17, 15) is 0 Å². The van der Waals surface area contributed by atoms with Crippen LogP contribution in [0.25, 0.3) is 11.3 Å². The number of anilines is 1. The van der Waals surface area contributed by atoms with Gasteiger partial charge in [-0.2, -0.15) is 5.10 Å². The minimum absolute atomic E-state index is 0.759. The Labute approximate surface area is 128 Å². The van der Waals surface area contributed by atoms with Crippen LogP contribution >= 0.6 is 11.3 Å². The first-order valence-electron chi connectivity index (χ1n) is 7.16. The molecule has 0 aliphatic heterocycles. The highest BCUT2D eigenvalue weighted by molar-refractivity contribution is 7.14. The molecule has 1 aromatic carbocycles. The predicted octanol–water partition coefficient (Wildman–Crippen LogP) is 4.41. The zero-order chi connectivity index (χ0) is 14.7. The molecule has 1 N–H and O–H groups in total. The van der Waals surface area contributed by atoms with E-state index in [2.05, 4.69) is 22.4 Å². The van der Waals surface area contributed by atoms with Crippen LogP contribution in [0.2, 0.25) is 0 Å². The Morgan fingerprint density at radius 1 is 1.43 bits per heavy atom. The van der Waals surface area contributed by atoms with Crippen LogP contribution in [-0.4, -0.2) is 17.8 Å². The van der Waals surface area contributed by atoms with Crippen molar-refractivity contribution >= 4 is 22.2 Å². The second kappa shape index (κ2) is 6.26. The van der Waals surface area contributed by atoms with Gasteiger partial charge in [-0.3, -0.25) is 5.43 Å². The van der Waals surface area contributed by atoms with Gasteiger partial charge in [0.2, 0.25) is 5.13 Å². The fraction of sp³-hybridized carbons (Fsp3) is 0.375. The fourth-order valence-electron chi connectivity index (χ4n) is 2.49. The quantitative estimate of drug-likeness (QED) is 0.851. The van der Waals surface area contributed by atoms with Gasteiger partial charge in [0.1, 0.15) is 5.75 Å². The number of aromatic nitrogens is 1. The second-order valence-corrected chi connectivity index (χ2v) is 6.27. The van der Waals surface area contributed by atoms with Crippen molar-refractivity contribution in [1.29, 1.82) is 0 Å². The van der Waals surface area contributed by atoms with Crippen LogP contribution in [0.1, 0.15) is 26.2 Å². The van der Waals surface area contributed by atoms with Gasteiger partial charge in [0.25, 0.3) is 0 Å². The summed E-state index contributed by atoms with van der Waals surface area (Å²) in [6.45, 7) is 2.27. The van der Waals surface area contributed by atoms with Gasteiger partial charge in [-0.25, -0.2) is 4.98 Å². The summed E-state index contributed by atoms with van der Waals surface area (Å²) in [7, 11) is 1.67. The maximum atomic E-state index is 5.25. The summed E-state index contributed by atoms with van der Waals surface area (Å²) in [5, 5.41) is 7.34. The van der Waals surface area contributed by atoms with Crippen LogP contribution in [0.4, 0.5) is 5.13 Å². The second-order valence-electron chi connectivity index (χ2n) is 5.41. The SMILES string of the molecule is COc1cccc(-c2csc(N/N=C3\CCC(C)C3)n2)c1. The first kappa shape index (κ1) is 14.1. The van der Waals surface area contributed by atoms with E-state index >= 15 is 0 Å². The lowest BCUT2D eigenvalue weighted by molar-refractivity contribution is 0.415. The molecule has 0 bridgehead atoms. The molecule has 110 valence electrons. The van der Waals surface area contributed by atoms with Crippen molar-refractivity contribution in [3.63, 3.8) is 0 Å². The monoisotopic (exact) mass is 301 g/mol. The van der Waals surface area contributed by atoms with Crippen LogP contribution in [0.3, 0.4) is 0 Å². The van der Waals surface area contributed by atoms with Gasteiger partial charge in [0.15, 0.2) is 0 Å². The normalized spacial score (nSPS) is 19.9. The average molecular weight is 301 g/mol. The van der Waals surface area contributed by atoms with E-state index in [1.165, 1.54) is 12.1 Å². The summed E-state index contributed by atoms with van der Waals surface area (Å²) in [6.07, 6.45) is 3.44. The lowest BCUT2D eigenvalue weighted by Gasteiger charge is -2.01. The van der Waals surface area contributed by atoms with Gasteiger partial charge < -0.3 is 4.74 Å². The number of nitrogens with one attached hydrogen (secondary N) is 1. The van der Waals surface area contributed by atoms with Crippen molar-refractivity contribution in [3.8, 4) is 17.0 Å². The summed E-state index contributed by atoms with van der Waals surface area (Å²) in [5.74, 6) is 1.60. The zero-order valence-corrected chi connectivity index (χ0v) is 13.1. The van der Waals surface area contributed by atoms with E-state index in [-0.39, 0.29) is 0 Å². The van der Waals surface area contributed by atoms with Crippen molar-refractivity contribution in [1.82, 2.24) is 4.98 Å². The van der Waals surface area contributed by atoms with Gasteiger partial charge in [-0.1, -0.05) is 19.1 Å². The summed E-state index contributed by atoms with van der Waals surface area (Å²) in [5.41, 5.74) is 6.34. The molecule has 1 unspecified atom stereocenters. The Hall–Kier alpha value is -1.88. The number of methoxy groups -OCH3 is 1. The molecule has 0 amide bonds. The number of hydrogen-bond acceptors (Lipinski definition) is 5. The van der Waals surface area contributed by atoms with E-state index < -0.39 is 0 Å². The molecule has 1 heterocycles. The Bertz CT molecular complexity index is 650. The Balaban J connectivity index is 1.71. The molecule has 4 nitrogen and oxygen atoms in total. The van der Waals surface area contributed by atoms with Crippen molar-refractivity contribution in [2.24, 2.45) is 11.0 Å². The number of hydrogen-bond donors (Lipinski definition) is 1. The highest BCUT2D eigenvalue weighted by atomic mass is 32.1. The van der Waals surface area contributed by atoms with Gasteiger partial charge in [-0.05, 0) is 37.3 Å². The van der Waals surface area contributed by atoms with E-state index in [0.29, 0.717) is 0 Å². The largest absolute Gasteiger partial charge is 0.497 e. The van der Waals surface area contributed by atoms with Crippen molar-refractivity contribution in [2.45, 2.75) is 26.2 Å². The van der Waals surface area contributed by atoms with Gasteiger partial charge >= 0.3 is 0 Å². The molecular formula is C16H19N3OS. The molecule has 1 aliphatic rings. The third-order valence-corrected chi connectivity index (χ3v) is 4.44. The number of benzene rings is 1. The molecule has 1 fully saturated rings. The number of rotatable bonds is 4.